The van der Waals surface area contributed by atoms with Gasteiger partial charge < -0.3 is 15.6 Å². The van der Waals surface area contributed by atoms with Crippen LogP contribution in [0.1, 0.15) is 32.0 Å². The van der Waals surface area contributed by atoms with Crippen molar-refractivity contribution in [2.24, 2.45) is 4.99 Å². The molecule has 1 aromatic carbocycles. The van der Waals surface area contributed by atoms with E-state index in [2.05, 4.69) is 38.6 Å². The third kappa shape index (κ3) is 4.77. The van der Waals surface area contributed by atoms with Crippen molar-refractivity contribution in [2.75, 3.05) is 20.1 Å². The van der Waals surface area contributed by atoms with Gasteiger partial charge in [0.05, 0.1) is 11.0 Å². The average Bonchev–Trinajstić information content (AvgIpc) is 2.92. The van der Waals surface area contributed by atoms with Crippen molar-refractivity contribution in [3.63, 3.8) is 0 Å². The van der Waals surface area contributed by atoms with Crippen LogP contribution in [0.5, 0.6) is 0 Å². The largest absolute Gasteiger partial charge is 0.356 e. The minimum absolute atomic E-state index is 0.882. The van der Waals surface area contributed by atoms with Gasteiger partial charge in [-0.05, 0) is 25.0 Å². The van der Waals surface area contributed by atoms with Gasteiger partial charge in [0, 0.05) is 26.6 Å². The van der Waals surface area contributed by atoms with E-state index in [1.54, 1.807) is 7.05 Å². The molecule has 3 N–H and O–H groups in total. The van der Waals surface area contributed by atoms with Crippen LogP contribution in [0, 0.1) is 0 Å². The molecule has 0 amide bonds. The second-order valence-corrected chi connectivity index (χ2v) is 5.08. The molecule has 0 aliphatic carbocycles. The molecule has 0 spiro atoms. The molecule has 0 fully saturated rings. The van der Waals surface area contributed by atoms with Crippen molar-refractivity contribution in [1.29, 1.82) is 0 Å². The van der Waals surface area contributed by atoms with Crippen molar-refractivity contribution >= 4 is 17.0 Å². The summed E-state index contributed by atoms with van der Waals surface area (Å²) < 4.78 is 0. The van der Waals surface area contributed by atoms with E-state index in [1.165, 1.54) is 12.8 Å². The summed E-state index contributed by atoms with van der Waals surface area (Å²) in [5.74, 6) is 1.93. The van der Waals surface area contributed by atoms with Crippen molar-refractivity contribution < 1.29 is 0 Å². The summed E-state index contributed by atoms with van der Waals surface area (Å²) in [7, 11) is 1.81. The molecule has 21 heavy (non-hydrogen) atoms. The normalized spacial score (nSPS) is 11.8. The standard InChI is InChI=1S/C16H25N5/c1-3-4-11-18-16(17-2)19-12-7-10-15-20-13-8-5-6-9-14(13)21-15/h5-6,8-9H,3-4,7,10-12H2,1-2H3,(H,20,21)(H2,17,18,19). The van der Waals surface area contributed by atoms with E-state index in [0.29, 0.717) is 0 Å². The summed E-state index contributed by atoms with van der Waals surface area (Å²) in [5.41, 5.74) is 2.15. The number of nitrogens with zero attached hydrogens (tertiary/aromatic N) is 2. The minimum atomic E-state index is 0.882. The molecule has 0 aliphatic rings. The molecule has 114 valence electrons. The van der Waals surface area contributed by atoms with Crippen LogP contribution in [0.4, 0.5) is 0 Å². The molecule has 0 saturated heterocycles. The molecule has 0 saturated carbocycles. The zero-order chi connectivity index (χ0) is 14.9. The SMILES string of the molecule is CCCCNC(=NC)NCCCc1nc2ccccc2[nH]1. The van der Waals surface area contributed by atoms with Gasteiger partial charge >= 0.3 is 0 Å². The highest BCUT2D eigenvalue weighted by Gasteiger charge is 2.02. The van der Waals surface area contributed by atoms with Gasteiger partial charge in [0.15, 0.2) is 5.96 Å². The lowest BCUT2D eigenvalue weighted by atomic mass is 10.3. The fourth-order valence-electron chi connectivity index (χ4n) is 2.19. The van der Waals surface area contributed by atoms with Crippen LogP contribution in [0.2, 0.25) is 0 Å². The summed E-state index contributed by atoms with van der Waals surface area (Å²) in [6, 6.07) is 8.13. The van der Waals surface area contributed by atoms with Crippen LogP contribution in [-0.4, -0.2) is 36.1 Å². The monoisotopic (exact) mass is 287 g/mol. The molecule has 1 aromatic heterocycles. The molecule has 0 radical (unpaired) electrons. The third-order valence-corrected chi connectivity index (χ3v) is 3.37. The van der Waals surface area contributed by atoms with E-state index in [1.807, 2.05) is 18.2 Å². The van der Waals surface area contributed by atoms with Gasteiger partial charge in [-0.1, -0.05) is 25.5 Å². The molecule has 2 aromatic rings. The second kappa shape index (κ2) is 8.29. The number of para-hydroxylation sites is 2. The number of aryl methyl sites for hydroxylation is 1. The van der Waals surface area contributed by atoms with Gasteiger partial charge in [-0.15, -0.1) is 0 Å². The Morgan fingerprint density at radius 2 is 1.95 bits per heavy atom. The maximum atomic E-state index is 4.58. The van der Waals surface area contributed by atoms with Gasteiger partial charge in [-0.3, -0.25) is 4.99 Å². The van der Waals surface area contributed by atoms with Gasteiger partial charge in [0.25, 0.3) is 0 Å². The van der Waals surface area contributed by atoms with E-state index in [4.69, 9.17) is 0 Å². The van der Waals surface area contributed by atoms with Gasteiger partial charge in [0.2, 0.25) is 0 Å². The Balaban J connectivity index is 1.71. The Morgan fingerprint density at radius 1 is 1.19 bits per heavy atom. The molecule has 1 heterocycles. The molecule has 0 atom stereocenters. The van der Waals surface area contributed by atoms with Crippen LogP contribution in [-0.2, 0) is 6.42 Å². The lowest BCUT2D eigenvalue weighted by Gasteiger charge is -2.10. The first-order chi connectivity index (χ1) is 10.3. The topological polar surface area (TPSA) is 65.1 Å². The van der Waals surface area contributed by atoms with Gasteiger partial charge in [0.1, 0.15) is 5.82 Å². The number of H-pyrrole nitrogens is 1. The maximum absolute atomic E-state index is 4.58. The molecular formula is C16H25N5. The Bertz CT molecular complexity index is 540. The molecule has 0 aliphatic heterocycles. The van der Waals surface area contributed by atoms with Crippen LogP contribution in [0.25, 0.3) is 11.0 Å². The first-order valence-corrected chi connectivity index (χ1v) is 7.71. The number of hydrogen-bond acceptors (Lipinski definition) is 2. The van der Waals surface area contributed by atoms with Crippen LogP contribution in [0.15, 0.2) is 29.3 Å². The van der Waals surface area contributed by atoms with E-state index in [0.717, 1.165) is 48.7 Å². The first-order valence-electron chi connectivity index (χ1n) is 7.71. The summed E-state index contributed by atoms with van der Waals surface area (Å²) >= 11 is 0. The predicted molar refractivity (Wildman–Crippen MR) is 88.7 cm³/mol. The van der Waals surface area contributed by atoms with Crippen molar-refractivity contribution in [1.82, 2.24) is 20.6 Å². The number of aromatic amines is 1. The van der Waals surface area contributed by atoms with Crippen LogP contribution < -0.4 is 10.6 Å². The van der Waals surface area contributed by atoms with E-state index in [-0.39, 0.29) is 0 Å². The first kappa shape index (κ1) is 15.4. The highest BCUT2D eigenvalue weighted by atomic mass is 15.2. The minimum Gasteiger partial charge on any atom is -0.356 e. The van der Waals surface area contributed by atoms with Gasteiger partial charge in [-0.25, -0.2) is 4.98 Å². The highest BCUT2D eigenvalue weighted by Crippen LogP contribution is 2.10. The van der Waals surface area contributed by atoms with Crippen LogP contribution >= 0.6 is 0 Å². The molecule has 5 heteroatoms. The Hall–Kier alpha value is -2.04. The number of aliphatic imine (C=N–C) groups is 1. The Kier molecular flexibility index (Phi) is 6.06. The van der Waals surface area contributed by atoms with Crippen molar-refractivity contribution in [3.8, 4) is 0 Å². The number of unbranched alkanes of at least 4 members (excludes halogenated alkanes) is 1. The number of nitrogens with one attached hydrogen (secondary N) is 3. The number of hydrogen-bond donors (Lipinski definition) is 3. The molecular weight excluding hydrogens is 262 g/mol. The highest BCUT2D eigenvalue weighted by molar-refractivity contribution is 5.79. The van der Waals surface area contributed by atoms with E-state index >= 15 is 0 Å². The van der Waals surface area contributed by atoms with Crippen LogP contribution in [0.3, 0.4) is 0 Å². The Morgan fingerprint density at radius 3 is 2.67 bits per heavy atom. The number of guanidine groups is 1. The number of rotatable bonds is 7. The van der Waals surface area contributed by atoms with Crippen molar-refractivity contribution in [3.05, 3.63) is 30.1 Å². The second-order valence-electron chi connectivity index (χ2n) is 5.08. The zero-order valence-corrected chi connectivity index (χ0v) is 12.9. The van der Waals surface area contributed by atoms with E-state index < -0.39 is 0 Å². The van der Waals surface area contributed by atoms with Gasteiger partial charge in [-0.2, -0.15) is 0 Å². The quantitative estimate of drug-likeness (QED) is 0.416. The number of imidazole rings is 1. The summed E-state index contributed by atoms with van der Waals surface area (Å²) in [5, 5.41) is 6.64. The summed E-state index contributed by atoms with van der Waals surface area (Å²) in [6.07, 6.45) is 4.32. The maximum Gasteiger partial charge on any atom is 0.190 e. The third-order valence-electron chi connectivity index (χ3n) is 3.37. The average molecular weight is 287 g/mol. The van der Waals surface area contributed by atoms with E-state index in [9.17, 15) is 0 Å². The molecule has 0 unspecified atom stereocenters. The summed E-state index contributed by atoms with van der Waals surface area (Å²) in [4.78, 5) is 12.1. The number of aromatic nitrogens is 2. The number of fused-ring (bicyclic) bond motifs is 1. The number of benzene rings is 1. The lowest BCUT2D eigenvalue weighted by Crippen LogP contribution is -2.38. The zero-order valence-electron chi connectivity index (χ0n) is 12.9. The molecule has 5 nitrogen and oxygen atoms in total. The predicted octanol–water partition coefficient (Wildman–Crippen LogP) is 2.46. The Labute approximate surface area is 126 Å². The summed E-state index contributed by atoms with van der Waals surface area (Å²) in [6.45, 7) is 4.05. The smallest absolute Gasteiger partial charge is 0.190 e. The fourth-order valence-corrected chi connectivity index (χ4v) is 2.19. The molecule has 2 rings (SSSR count). The van der Waals surface area contributed by atoms with Crippen molar-refractivity contribution in [2.45, 2.75) is 32.6 Å². The fraction of sp³-hybridized carbons (Fsp3) is 0.500. The lowest BCUT2D eigenvalue weighted by molar-refractivity contribution is 0.703. The molecule has 0 bridgehead atoms.